The Hall–Kier alpha value is -2.17. The molecule has 2 aromatic carbocycles. The van der Waals surface area contributed by atoms with Gasteiger partial charge in [-0.1, -0.05) is 73.9 Å². The summed E-state index contributed by atoms with van der Waals surface area (Å²) in [5.41, 5.74) is 3.97. The first-order chi connectivity index (χ1) is 15.3. The van der Waals surface area contributed by atoms with Crippen LogP contribution < -0.4 is 5.32 Å². The number of amides is 1. The Labute approximate surface area is 186 Å². The van der Waals surface area contributed by atoms with Gasteiger partial charge in [0.15, 0.2) is 0 Å². The first-order valence-electron chi connectivity index (χ1n) is 12.0. The van der Waals surface area contributed by atoms with Crippen LogP contribution in [0.1, 0.15) is 73.7 Å². The molecule has 1 heterocycles. The number of rotatable bonds is 8. The summed E-state index contributed by atoms with van der Waals surface area (Å²) in [4.78, 5) is 15.6. The third-order valence-corrected chi connectivity index (χ3v) is 7.10. The molecule has 0 spiro atoms. The second-order valence-electron chi connectivity index (χ2n) is 9.06. The smallest absolute Gasteiger partial charge is 0.224 e. The maximum Gasteiger partial charge on any atom is 0.224 e. The van der Waals surface area contributed by atoms with Gasteiger partial charge >= 0.3 is 0 Å². The van der Waals surface area contributed by atoms with Crippen molar-refractivity contribution in [2.75, 3.05) is 19.7 Å². The summed E-state index contributed by atoms with van der Waals surface area (Å²) in [6.07, 6.45) is 8.46. The topological polar surface area (TPSA) is 52.6 Å². The highest BCUT2D eigenvalue weighted by Gasteiger charge is 2.36. The first-order valence-corrected chi connectivity index (χ1v) is 12.0. The van der Waals surface area contributed by atoms with Gasteiger partial charge in [0.1, 0.15) is 0 Å². The van der Waals surface area contributed by atoms with Crippen molar-refractivity contribution in [3.8, 4) is 0 Å². The Morgan fingerprint density at radius 3 is 2.55 bits per heavy atom. The van der Waals surface area contributed by atoms with Crippen LogP contribution in [0.15, 0.2) is 54.6 Å². The van der Waals surface area contributed by atoms with Gasteiger partial charge in [-0.15, -0.1) is 0 Å². The number of nitrogens with zero attached hydrogens (tertiary/aromatic N) is 1. The number of hydrogen-bond acceptors (Lipinski definition) is 3. The molecule has 2 aliphatic rings. The van der Waals surface area contributed by atoms with Crippen LogP contribution in [0.4, 0.5) is 0 Å². The standard InChI is InChI=1S/C27H36N2O2/c30-20-17-25(22-10-3-1-4-11-22)28-18-15-26(31)29-19-16-21-9-7-8-14-24(21)27(29)23-12-5-2-6-13-23/h1,3-4,7-11,14,23,25,27-28,30H,2,5-6,12-13,15-20H2. The van der Waals surface area contributed by atoms with Crippen molar-refractivity contribution in [1.29, 1.82) is 0 Å². The van der Waals surface area contributed by atoms with E-state index in [9.17, 15) is 9.90 Å². The highest BCUT2D eigenvalue weighted by molar-refractivity contribution is 5.77. The summed E-state index contributed by atoms with van der Waals surface area (Å²) < 4.78 is 0. The highest BCUT2D eigenvalue weighted by Crippen LogP contribution is 2.42. The number of carbonyl (C=O) groups excluding carboxylic acids is 1. The lowest BCUT2D eigenvalue weighted by atomic mass is 9.77. The van der Waals surface area contributed by atoms with Crippen molar-refractivity contribution >= 4 is 5.91 Å². The molecule has 0 aromatic heterocycles. The molecule has 2 atom stereocenters. The van der Waals surface area contributed by atoms with E-state index in [1.54, 1.807) is 0 Å². The van der Waals surface area contributed by atoms with E-state index in [0.29, 0.717) is 25.3 Å². The van der Waals surface area contributed by atoms with Gasteiger partial charge in [-0.2, -0.15) is 0 Å². The molecule has 2 N–H and O–H groups in total. The van der Waals surface area contributed by atoms with Gasteiger partial charge in [0, 0.05) is 32.2 Å². The second kappa shape index (κ2) is 10.9. The fraction of sp³-hybridized carbons (Fsp3) is 0.519. The molecule has 0 bridgehead atoms. The normalized spacial score (nSPS) is 20.3. The first kappa shape index (κ1) is 22.0. The van der Waals surface area contributed by atoms with Crippen LogP contribution in [0.25, 0.3) is 0 Å². The molecule has 1 fully saturated rings. The number of nitrogens with one attached hydrogen (secondary N) is 1. The Bertz CT molecular complexity index is 832. The molecular formula is C27H36N2O2. The number of hydrogen-bond donors (Lipinski definition) is 2. The van der Waals surface area contributed by atoms with Gasteiger partial charge in [0.05, 0.1) is 6.04 Å². The van der Waals surface area contributed by atoms with Crippen molar-refractivity contribution in [2.45, 2.75) is 63.5 Å². The number of benzene rings is 2. The van der Waals surface area contributed by atoms with Crippen molar-refractivity contribution in [1.82, 2.24) is 10.2 Å². The number of aliphatic hydroxyl groups is 1. The van der Waals surface area contributed by atoms with Crippen LogP contribution in [0.3, 0.4) is 0 Å². The average Bonchev–Trinajstić information content (AvgIpc) is 2.83. The monoisotopic (exact) mass is 420 g/mol. The lowest BCUT2D eigenvalue weighted by molar-refractivity contribution is -0.135. The molecular weight excluding hydrogens is 384 g/mol. The summed E-state index contributed by atoms with van der Waals surface area (Å²) in [5.74, 6) is 0.840. The van der Waals surface area contributed by atoms with Gasteiger partial charge < -0.3 is 15.3 Å². The molecule has 1 aliphatic heterocycles. The molecule has 1 aliphatic carbocycles. The predicted octanol–water partition coefficient (Wildman–Crippen LogP) is 4.80. The quantitative estimate of drug-likeness (QED) is 0.645. The molecule has 1 amide bonds. The SMILES string of the molecule is O=C(CCNC(CCO)c1ccccc1)N1CCc2ccccc2C1C1CCCCC1. The minimum Gasteiger partial charge on any atom is -0.396 e. The van der Waals surface area contributed by atoms with E-state index < -0.39 is 0 Å². The van der Waals surface area contributed by atoms with E-state index in [4.69, 9.17) is 0 Å². The average molecular weight is 421 g/mol. The molecule has 4 heteroatoms. The lowest BCUT2D eigenvalue weighted by Gasteiger charge is -2.43. The van der Waals surface area contributed by atoms with Crippen LogP contribution >= 0.6 is 0 Å². The highest BCUT2D eigenvalue weighted by atomic mass is 16.3. The van der Waals surface area contributed by atoms with Gasteiger partial charge in [-0.25, -0.2) is 0 Å². The van der Waals surface area contributed by atoms with Crippen molar-refractivity contribution in [3.05, 3.63) is 71.3 Å². The minimum atomic E-state index is 0.0789. The van der Waals surface area contributed by atoms with E-state index in [1.807, 2.05) is 18.2 Å². The molecule has 0 saturated heterocycles. The fourth-order valence-electron chi connectivity index (χ4n) is 5.53. The minimum absolute atomic E-state index is 0.0789. The Balaban J connectivity index is 1.43. The van der Waals surface area contributed by atoms with E-state index >= 15 is 0 Å². The lowest BCUT2D eigenvalue weighted by Crippen LogP contribution is -2.44. The van der Waals surface area contributed by atoms with Crippen molar-refractivity contribution < 1.29 is 9.90 Å². The number of fused-ring (bicyclic) bond motifs is 1. The second-order valence-corrected chi connectivity index (χ2v) is 9.06. The zero-order chi connectivity index (χ0) is 21.5. The summed E-state index contributed by atoms with van der Waals surface area (Å²) in [7, 11) is 0. The van der Waals surface area contributed by atoms with Gasteiger partial charge in [0.2, 0.25) is 5.91 Å². The largest absolute Gasteiger partial charge is 0.396 e. The molecule has 4 nitrogen and oxygen atoms in total. The predicted molar refractivity (Wildman–Crippen MR) is 125 cm³/mol. The molecule has 31 heavy (non-hydrogen) atoms. The fourth-order valence-corrected chi connectivity index (χ4v) is 5.53. The van der Waals surface area contributed by atoms with Crippen LogP contribution in [-0.2, 0) is 11.2 Å². The molecule has 0 radical (unpaired) electrons. The van der Waals surface area contributed by atoms with E-state index in [1.165, 1.54) is 43.2 Å². The Morgan fingerprint density at radius 2 is 1.77 bits per heavy atom. The molecule has 1 saturated carbocycles. The van der Waals surface area contributed by atoms with E-state index in [2.05, 4.69) is 46.6 Å². The molecule has 2 aromatic rings. The summed E-state index contributed by atoms with van der Waals surface area (Å²) in [5, 5.41) is 13.0. The van der Waals surface area contributed by atoms with E-state index in [-0.39, 0.29) is 24.6 Å². The van der Waals surface area contributed by atoms with E-state index in [0.717, 1.165) is 18.5 Å². The third-order valence-electron chi connectivity index (χ3n) is 7.10. The molecule has 4 rings (SSSR count). The van der Waals surface area contributed by atoms with Crippen LogP contribution in [0, 0.1) is 5.92 Å². The van der Waals surface area contributed by atoms with Gasteiger partial charge in [-0.05, 0) is 48.3 Å². The summed E-state index contributed by atoms with van der Waals surface area (Å²) in [6, 6.07) is 19.3. The zero-order valence-electron chi connectivity index (χ0n) is 18.5. The molecule has 2 unspecified atom stereocenters. The van der Waals surface area contributed by atoms with Crippen LogP contribution in [0.5, 0.6) is 0 Å². The number of aliphatic hydroxyl groups excluding tert-OH is 1. The summed E-state index contributed by atoms with van der Waals surface area (Å²) >= 11 is 0. The van der Waals surface area contributed by atoms with Gasteiger partial charge in [0.25, 0.3) is 0 Å². The maximum atomic E-state index is 13.4. The molecule has 166 valence electrons. The Kier molecular flexibility index (Phi) is 7.76. The van der Waals surface area contributed by atoms with Crippen LogP contribution in [0.2, 0.25) is 0 Å². The maximum absolute atomic E-state index is 13.4. The van der Waals surface area contributed by atoms with Crippen LogP contribution in [-0.4, -0.2) is 35.6 Å². The van der Waals surface area contributed by atoms with Gasteiger partial charge in [-0.3, -0.25) is 4.79 Å². The number of carbonyl (C=O) groups is 1. The zero-order valence-corrected chi connectivity index (χ0v) is 18.5. The van der Waals surface area contributed by atoms with Crippen molar-refractivity contribution in [3.63, 3.8) is 0 Å². The summed E-state index contributed by atoms with van der Waals surface area (Å²) in [6.45, 7) is 1.59. The third kappa shape index (κ3) is 5.36. The Morgan fingerprint density at radius 1 is 1.03 bits per heavy atom. The van der Waals surface area contributed by atoms with Crippen molar-refractivity contribution in [2.24, 2.45) is 5.92 Å².